The van der Waals surface area contributed by atoms with Crippen LogP contribution in [-0.4, -0.2) is 16.9 Å². The predicted molar refractivity (Wildman–Crippen MR) is 71.2 cm³/mol. The topological polar surface area (TPSA) is 24.9 Å². The Labute approximate surface area is 103 Å². The summed E-state index contributed by atoms with van der Waals surface area (Å²) in [5.74, 6) is 0. The van der Waals surface area contributed by atoms with Gasteiger partial charge in [-0.2, -0.15) is 0 Å². The van der Waals surface area contributed by atoms with Crippen LogP contribution in [0.25, 0.3) is 0 Å². The maximum Gasteiger partial charge on any atom is 0.0513 e. The number of halogens is 1. The molecule has 1 atom stereocenters. The van der Waals surface area contributed by atoms with Gasteiger partial charge in [-0.05, 0) is 30.4 Å². The Morgan fingerprint density at radius 2 is 2.12 bits per heavy atom. The first-order valence-corrected chi connectivity index (χ1v) is 6.11. The van der Waals surface area contributed by atoms with E-state index in [2.05, 4.69) is 31.1 Å². The van der Waals surface area contributed by atoms with Crippen LogP contribution in [-0.2, 0) is 0 Å². The smallest absolute Gasteiger partial charge is 0.0513 e. The van der Waals surface area contributed by atoms with E-state index in [9.17, 15) is 0 Å². The predicted octanol–water partition coefficient (Wildman–Crippen LogP) is 3.85. The lowest BCUT2D eigenvalue weighted by Crippen LogP contribution is -2.21. The van der Waals surface area contributed by atoms with E-state index >= 15 is 0 Å². The summed E-state index contributed by atoms with van der Waals surface area (Å²) in [4.78, 5) is 4.06. The fraction of sp³-hybridized carbons (Fsp3) is 0.615. The highest BCUT2D eigenvalue weighted by atomic mass is 35.5. The van der Waals surface area contributed by atoms with Gasteiger partial charge >= 0.3 is 0 Å². The zero-order valence-corrected chi connectivity index (χ0v) is 11.3. The summed E-state index contributed by atoms with van der Waals surface area (Å²) >= 11 is 6.29. The van der Waals surface area contributed by atoms with Gasteiger partial charge in [0.05, 0.1) is 5.38 Å². The molecule has 0 aromatic carbocycles. The van der Waals surface area contributed by atoms with Gasteiger partial charge in [0.15, 0.2) is 0 Å². The maximum absolute atomic E-state index is 6.29. The molecule has 0 aliphatic rings. The zero-order chi connectivity index (χ0) is 12.2. The van der Waals surface area contributed by atoms with Crippen LogP contribution in [0.5, 0.6) is 0 Å². The van der Waals surface area contributed by atoms with Gasteiger partial charge in [-0.15, -0.1) is 11.6 Å². The number of hydrogen-bond donors (Lipinski definition) is 1. The third kappa shape index (κ3) is 4.84. The molecule has 16 heavy (non-hydrogen) atoms. The molecule has 0 radical (unpaired) electrons. The molecule has 90 valence electrons. The summed E-state index contributed by atoms with van der Waals surface area (Å²) in [6.07, 6.45) is 4.66. The molecule has 3 heteroatoms. The SMILES string of the molecule is Cc1cnccc1NCC(Cl)CC(C)(C)C. The minimum atomic E-state index is 0.160. The highest BCUT2D eigenvalue weighted by Gasteiger charge is 2.16. The van der Waals surface area contributed by atoms with Crippen molar-refractivity contribution in [3.63, 3.8) is 0 Å². The summed E-state index contributed by atoms with van der Waals surface area (Å²) in [5.41, 5.74) is 2.55. The molecule has 1 aromatic rings. The van der Waals surface area contributed by atoms with Crippen LogP contribution in [0.1, 0.15) is 32.8 Å². The lowest BCUT2D eigenvalue weighted by Gasteiger charge is -2.22. The molecule has 0 fully saturated rings. The Kier molecular flexibility index (Phi) is 4.60. The number of nitrogens with one attached hydrogen (secondary N) is 1. The van der Waals surface area contributed by atoms with E-state index in [4.69, 9.17) is 11.6 Å². The fourth-order valence-corrected chi connectivity index (χ4v) is 2.17. The standard InChI is InChI=1S/C13H21ClN2/c1-10-8-15-6-5-12(10)16-9-11(14)7-13(2,3)4/h5-6,8,11H,7,9H2,1-4H3,(H,15,16). The normalized spacial score (nSPS) is 13.6. The monoisotopic (exact) mass is 240 g/mol. The van der Waals surface area contributed by atoms with E-state index in [1.165, 1.54) is 0 Å². The van der Waals surface area contributed by atoms with Crippen LogP contribution in [0.3, 0.4) is 0 Å². The first kappa shape index (κ1) is 13.3. The Balaban J connectivity index is 2.43. The van der Waals surface area contributed by atoms with E-state index in [0.717, 1.165) is 24.2 Å². The van der Waals surface area contributed by atoms with Gasteiger partial charge < -0.3 is 5.32 Å². The molecule has 0 bridgehead atoms. The van der Waals surface area contributed by atoms with Crippen molar-refractivity contribution >= 4 is 17.3 Å². The van der Waals surface area contributed by atoms with E-state index < -0.39 is 0 Å². The van der Waals surface area contributed by atoms with Crippen LogP contribution in [0.2, 0.25) is 0 Å². The Morgan fingerprint density at radius 1 is 1.44 bits per heavy atom. The van der Waals surface area contributed by atoms with Crippen molar-refractivity contribution in [3.05, 3.63) is 24.0 Å². The number of rotatable bonds is 4. The van der Waals surface area contributed by atoms with Crippen molar-refractivity contribution < 1.29 is 0 Å². The molecule has 0 saturated carbocycles. The average molecular weight is 241 g/mol. The van der Waals surface area contributed by atoms with Crippen LogP contribution in [0.4, 0.5) is 5.69 Å². The maximum atomic E-state index is 6.29. The molecule has 1 N–H and O–H groups in total. The van der Waals surface area contributed by atoms with Gasteiger partial charge in [0.2, 0.25) is 0 Å². The van der Waals surface area contributed by atoms with Crippen molar-refractivity contribution in [1.82, 2.24) is 4.98 Å². The molecule has 0 spiro atoms. The van der Waals surface area contributed by atoms with Gasteiger partial charge in [0.25, 0.3) is 0 Å². The minimum Gasteiger partial charge on any atom is -0.383 e. The number of anilines is 1. The number of aromatic nitrogens is 1. The molecule has 0 aliphatic carbocycles. The van der Waals surface area contributed by atoms with Crippen LogP contribution in [0.15, 0.2) is 18.5 Å². The van der Waals surface area contributed by atoms with Gasteiger partial charge in [-0.25, -0.2) is 0 Å². The summed E-state index contributed by atoms with van der Waals surface area (Å²) in [7, 11) is 0. The van der Waals surface area contributed by atoms with Crippen LogP contribution >= 0.6 is 11.6 Å². The number of nitrogens with zero attached hydrogens (tertiary/aromatic N) is 1. The summed E-state index contributed by atoms with van der Waals surface area (Å²) in [6.45, 7) is 9.46. The first-order valence-electron chi connectivity index (χ1n) is 5.67. The summed E-state index contributed by atoms with van der Waals surface area (Å²) in [6, 6.07) is 1.98. The number of alkyl halides is 1. The van der Waals surface area contributed by atoms with Crippen molar-refractivity contribution in [3.8, 4) is 0 Å². The largest absolute Gasteiger partial charge is 0.383 e. The number of hydrogen-bond acceptors (Lipinski definition) is 2. The number of pyridine rings is 1. The third-order valence-electron chi connectivity index (χ3n) is 2.37. The van der Waals surface area contributed by atoms with E-state index in [-0.39, 0.29) is 10.8 Å². The Bertz CT molecular complexity index is 331. The second kappa shape index (κ2) is 5.53. The van der Waals surface area contributed by atoms with Crippen LogP contribution in [0, 0.1) is 12.3 Å². The second-order valence-corrected chi connectivity index (χ2v) is 6.05. The van der Waals surface area contributed by atoms with Crippen molar-refractivity contribution in [2.75, 3.05) is 11.9 Å². The summed E-state index contributed by atoms with van der Waals surface area (Å²) in [5, 5.41) is 3.52. The molecule has 0 aliphatic heterocycles. The lowest BCUT2D eigenvalue weighted by molar-refractivity contribution is 0.373. The molecule has 1 rings (SSSR count). The molecule has 0 saturated heterocycles. The average Bonchev–Trinajstić information content (AvgIpc) is 2.14. The second-order valence-electron chi connectivity index (χ2n) is 5.43. The fourth-order valence-electron chi connectivity index (χ4n) is 1.63. The van der Waals surface area contributed by atoms with Crippen molar-refractivity contribution in [2.45, 2.75) is 39.5 Å². The Hall–Kier alpha value is -0.760. The van der Waals surface area contributed by atoms with Crippen molar-refractivity contribution in [2.24, 2.45) is 5.41 Å². The van der Waals surface area contributed by atoms with Crippen molar-refractivity contribution in [1.29, 1.82) is 0 Å². The molecule has 1 unspecified atom stereocenters. The Morgan fingerprint density at radius 3 is 2.69 bits per heavy atom. The highest BCUT2D eigenvalue weighted by Crippen LogP contribution is 2.24. The van der Waals surface area contributed by atoms with Crippen LogP contribution < -0.4 is 5.32 Å². The molecule has 0 amide bonds. The van der Waals surface area contributed by atoms with E-state index in [0.29, 0.717) is 0 Å². The minimum absolute atomic E-state index is 0.160. The molecular weight excluding hydrogens is 220 g/mol. The molecule has 1 aromatic heterocycles. The number of aryl methyl sites for hydroxylation is 1. The molecule has 2 nitrogen and oxygen atoms in total. The molecular formula is C13H21ClN2. The third-order valence-corrected chi connectivity index (χ3v) is 2.68. The van der Waals surface area contributed by atoms with E-state index in [1.54, 1.807) is 6.20 Å². The van der Waals surface area contributed by atoms with Gasteiger partial charge in [-0.1, -0.05) is 20.8 Å². The van der Waals surface area contributed by atoms with Gasteiger partial charge in [-0.3, -0.25) is 4.98 Å². The highest BCUT2D eigenvalue weighted by molar-refractivity contribution is 6.20. The van der Waals surface area contributed by atoms with E-state index in [1.807, 2.05) is 19.2 Å². The zero-order valence-electron chi connectivity index (χ0n) is 10.5. The van der Waals surface area contributed by atoms with Gasteiger partial charge in [0.1, 0.15) is 0 Å². The lowest BCUT2D eigenvalue weighted by atomic mass is 9.90. The molecule has 1 heterocycles. The summed E-state index contributed by atoms with van der Waals surface area (Å²) < 4.78 is 0. The quantitative estimate of drug-likeness (QED) is 0.809. The first-order chi connectivity index (χ1) is 7.38. The van der Waals surface area contributed by atoms with Gasteiger partial charge in [0, 0.05) is 24.6 Å².